The molecular weight excluding hydrogens is 367 g/mol. The number of anilines is 2. The number of alkyl halides is 1. The van der Waals surface area contributed by atoms with Crippen LogP contribution >= 0.6 is 11.6 Å². The number of hydrogen-bond donors (Lipinski definition) is 1. The van der Waals surface area contributed by atoms with Crippen LogP contribution in [0.5, 0.6) is 0 Å². The van der Waals surface area contributed by atoms with E-state index < -0.39 is 6.17 Å². The van der Waals surface area contributed by atoms with Gasteiger partial charge in [0, 0.05) is 31.1 Å². The lowest BCUT2D eigenvalue weighted by Crippen LogP contribution is -2.38. The molecule has 1 aliphatic rings. The second-order valence-electron chi connectivity index (χ2n) is 7.23. The fourth-order valence-electron chi connectivity index (χ4n) is 3.70. The maximum atomic E-state index is 14.7. The fourth-order valence-corrected chi connectivity index (χ4v) is 3.84. The highest BCUT2D eigenvalue weighted by atomic mass is 35.5. The second-order valence-corrected chi connectivity index (χ2v) is 7.59. The van der Waals surface area contributed by atoms with Gasteiger partial charge in [0.25, 0.3) is 0 Å². The van der Waals surface area contributed by atoms with Crippen molar-refractivity contribution in [3.63, 3.8) is 0 Å². The second kappa shape index (κ2) is 7.05. The largest absolute Gasteiger partial charge is 0.320 e. The third-order valence-electron chi connectivity index (χ3n) is 5.22. The van der Waals surface area contributed by atoms with Gasteiger partial charge >= 0.3 is 0 Å². The van der Waals surface area contributed by atoms with Crippen LogP contribution in [0.15, 0.2) is 24.5 Å². The lowest BCUT2D eigenvalue weighted by molar-refractivity contribution is 0.139. The van der Waals surface area contributed by atoms with Gasteiger partial charge in [-0.2, -0.15) is 5.10 Å². The highest BCUT2D eigenvalue weighted by Gasteiger charge is 2.30. The first-order chi connectivity index (χ1) is 12.9. The van der Waals surface area contributed by atoms with Crippen LogP contribution in [-0.4, -0.2) is 51.0 Å². The number of aryl methyl sites for hydroxylation is 2. The zero-order valence-electron chi connectivity index (χ0n) is 15.6. The zero-order chi connectivity index (χ0) is 19.1. The molecule has 0 aliphatic carbocycles. The van der Waals surface area contributed by atoms with Gasteiger partial charge in [-0.1, -0.05) is 11.6 Å². The predicted molar refractivity (Wildman–Crippen MR) is 106 cm³/mol. The number of hydrogen-bond acceptors (Lipinski definition) is 5. The highest BCUT2D eigenvalue weighted by Crippen LogP contribution is 2.34. The van der Waals surface area contributed by atoms with Crippen molar-refractivity contribution in [2.24, 2.45) is 7.05 Å². The molecule has 1 aliphatic heterocycles. The fraction of sp³-hybridized carbons (Fsp3) is 0.421. The van der Waals surface area contributed by atoms with Crippen LogP contribution < -0.4 is 5.32 Å². The molecule has 3 aromatic rings. The number of rotatable bonds is 3. The lowest BCUT2D eigenvalue weighted by atomic mass is 9.85. The predicted octanol–water partition coefficient (Wildman–Crippen LogP) is 3.83. The molecule has 1 aromatic carbocycles. The molecule has 1 fully saturated rings. The van der Waals surface area contributed by atoms with Crippen molar-refractivity contribution in [2.45, 2.75) is 25.4 Å². The van der Waals surface area contributed by atoms with Gasteiger partial charge in [-0.3, -0.25) is 4.68 Å². The van der Waals surface area contributed by atoms with Crippen molar-refractivity contribution < 1.29 is 4.39 Å². The average molecular weight is 389 g/mol. The summed E-state index contributed by atoms with van der Waals surface area (Å²) in [6, 6.07) is 4.04. The maximum absolute atomic E-state index is 14.7. The smallest absolute Gasteiger partial charge is 0.227 e. The SMILES string of the molecule is Cc1cc2cnc(Nc3cnn(C)c3Cl)nc2cc1C1CCN(C)CC1F. The zero-order valence-corrected chi connectivity index (χ0v) is 16.3. The van der Waals surface area contributed by atoms with Crippen molar-refractivity contribution in [3.05, 3.63) is 40.8 Å². The van der Waals surface area contributed by atoms with Crippen molar-refractivity contribution in [3.8, 4) is 0 Å². The summed E-state index contributed by atoms with van der Waals surface area (Å²) in [4.78, 5) is 11.0. The molecule has 0 amide bonds. The summed E-state index contributed by atoms with van der Waals surface area (Å²) in [5.41, 5.74) is 3.55. The van der Waals surface area contributed by atoms with E-state index in [-0.39, 0.29) is 5.92 Å². The number of fused-ring (bicyclic) bond motifs is 1. The summed E-state index contributed by atoms with van der Waals surface area (Å²) in [6.45, 7) is 3.40. The van der Waals surface area contributed by atoms with Crippen LogP contribution in [0.3, 0.4) is 0 Å². The Morgan fingerprint density at radius 3 is 2.78 bits per heavy atom. The van der Waals surface area contributed by atoms with Crippen molar-refractivity contribution in [1.29, 1.82) is 0 Å². The minimum Gasteiger partial charge on any atom is -0.320 e. The molecular formula is C19H22ClFN6. The number of benzene rings is 1. The number of likely N-dealkylation sites (tertiary alicyclic amines) is 1. The Hall–Kier alpha value is -2.25. The van der Waals surface area contributed by atoms with Gasteiger partial charge < -0.3 is 10.2 Å². The number of nitrogens with zero attached hydrogens (tertiary/aromatic N) is 5. The van der Waals surface area contributed by atoms with E-state index >= 15 is 0 Å². The molecule has 1 N–H and O–H groups in total. The molecule has 2 aromatic heterocycles. The Morgan fingerprint density at radius 1 is 1.26 bits per heavy atom. The Bertz CT molecular complexity index is 988. The Kier molecular flexibility index (Phi) is 4.74. The van der Waals surface area contributed by atoms with Crippen LogP contribution in [-0.2, 0) is 7.05 Å². The summed E-state index contributed by atoms with van der Waals surface area (Å²) in [6.07, 6.45) is 3.34. The molecule has 1 saturated heterocycles. The van der Waals surface area contributed by atoms with Crippen LogP contribution in [0.2, 0.25) is 5.15 Å². The summed E-state index contributed by atoms with van der Waals surface area (Å²) < 4.78 is 16.2. The van der Waals surface area contributed by atoms with E-state index in [1.807, 2.05) is 31.0 Å². The van der Waals surface area contributed by atoms with Gasteiger partial charge in [-0.05, 0) is 50.2 Å². The summed E-state index contributed by atoms with van der Waals surface area (Å²) >= 11 is 6.19. The molecule has 0 spiro atoms. The molecule has 27 heavy (non-hydrogen) atoms. The lowest BCUT2D eigenvalue weighted by Gasteiger charge is -2.33. The molecule has 0 bridgehead atoms. The number of nitrogens with one attached hydrogen (secondary N) is 1. The van der Waals surface area contributed by atoms with Crippen LogP contribution in [0.25, 0.3) is 10.9 Å². The molecule has 2 unspecified atom stereocenters. The van der Waals surface area contributed by atoms with Crippen LogP contribution in [0.1, 0.15) is 23.5 Å². The normalized spacial score (nSPS) is 20.9. The minimum absolute atomic E-state index is 0.0928. The molecule has 2 atom stereocenters. The van der Waals surface area contributed by atoms with E-state index in [2.05, 4.69) is 20.4 Å². The Labute approximate surface area is 162 Å². The van der Waals surface area contributed by atoms with Gasteiger partial charge in [0.05, 0.1) is 17.4 Å². The third-order valence-corrected chi connectivity index (χ3v) is 5.67. The first kappa shape index (κ1) is 18.1. The quantitative estimate of drug-likeness (QED) is 0.739. The van der Waals surface area contributed by atoms with Gasteiger partial charge in [0.1, 0.15) is 11.3 Å². The molecule has 6 nitrogen and oxygen atoms in total. The first-order valence-electron chi connectivity index (χ1n) is 8.97. The average Bonchev–Trinajstić information content (AvgIpc) is 2.94. The summed E-state index contributed by atoms with van der Waals surface area (Å²) in [7, 11) is 3.73. The molecule has 8 heteroatoms. The summed E-state index contributed by atoms with van der Waals surface area (Å²) in [5, 5.41) is 8.61. The topological polar surface area (TPSA) is 58.9 Å². The summed E-state index contributed by atoms with van der Waals surface area (Å²) in [5.74, 6) is 0.345. The van der Waals surface area contributed by atoms with E-state index in [1.54, 1.807) is 24.1 Å². The monoisotopic (exact) mass is 388 g/mol. The molecule has 4 rings (SSSR count). The van der Waals surface area contributed by atoms with E-state index in [1.165, 1.54) is 0 Å². The van der Waals surface area contributed by atoms with Crippen LogP contribution in [0, 0.1) is 6.92 Å². The highest BCUT2D eigenvalue weighted by molar-refractivity contribution is 6.32. The third kappa shape index (κ3) is 3.49. The van der Waals surface area contributed by atoms with Gasteiger partial charge in [0.15, 0.2) is 0 Å². The van der Waals surface area contributed by atoms with Gasteiger partial charge in [-0.25, -0.2) is 14.4 Å². The van der Waals surface area contributed by atoms with Crippen molar-refractivity contribution in [2.75, 3.05) is 25.5 Å². The standard InChI is InChI=1S/C19H22ClFN6/c1-11-6-12-8-22-19(25-17-9-23-27(3)18(17)20)24-16(12)7-14(11)13-4-5-26(2)10-15(13)21/h6-9,13,15H,4-5,10H2,1-3H3,(H,22,24,25). The number of halogens is 2. The molecule has 0 saturated carbocycles. The maximum Gasteiger partial charge on any atom is 0.227 e. The number of aromatic nitrogens is 4. The first-order valence-corrected chi connectivity index (χ1v) is 9.34. The van der Waals surface area contributed by atoms with E-state index in [0.717, 1.165) is 35.0 Å². The van der Waals surface area contributed by atoms with Crippen LogP contribution in [0.4, 0.5) is 16.0 Å². The number of piperidine rings is 1. The van der Waals surface area contributed by atoms with Crippen molar-refractivity contribution in [1.82, 2.24) is 24.6 Å². The van der Waals surface area contributed by atoms with Gasteiger partial charge in [0.2, 0.25) is 5.95 Å². The van der Waals surface area contributed by atoms with E-state index in [0.29, 0.717) is 23.3 Å². The van der Waals surface area contributed by atoms with Crippen molar-refractivity contribution >= 4 is 34.1 Å². The molecule has 0 radical (unpaired) electrons. The van der Waals surface area contributed by atoms with E-state index in [9.17, 15) is 4.39 Å². The minimum atomic E-state index is -0.867. The van der Waals surface area contributed by atoms with E-state index in [4.69, 9.17) is 11.6 Å². The Balaban J connectivity index is 1.68. The Morgan fingerprint density at radius 2 is 2.07 bits per heavy atom. The molecule has 3 heterocycles. The van der Waals surface area contributed by atoms with Gasteiger partial charge in [-0.15, -0.1) is 0 Å². The molecule has 142 valence electrons.